The second-order valence-corrected chi connectivity index (χ2v) is 5.54. The van der Waals surface area contributed by atoms with Gasteiger partial charge in [0.1, 0.15) is 11.4 Å². The van der Waals surface area contributed by atoms with Gasteiger partial charge in [-0.05, 0) is 24.6 Å². The molecule has 0 saturated heterocycles. The van der Waals surface area contributed by atoms with E-state index in [0.29, 0.717) is 16.3 Å². The van der Waals surface area contributed by atoms with Crippen LogP contribution in [0.25, 0.3) is 10.6 Å². The average molecular weight is 317 g/mol. The highest BCUT2D eigenvalue weighted by Crippen LogP contribution is 2.34. The molecule has 0 radical (unpaired) electrons. The quantitative estimate of drug-likeness (QED) is 0.940. The summed E-state index contributed by atoms with van der Waals surface area (Å²) in [5, 5.41) is 6.58. The van der Waals surface area contributed by atoms with Crippen molar-refractivity contribution in [1.82, 2.24) is 15.1 Å². The molecule has 0 atom stereocenters. The Morgan fingerprint density at radius 3 is 2.71 bits per heavy atom. The molecule has 114 valence electrons. The van der Waals surface area contributed by atoms with E-state index in [9.17, 15) is 18.0 Å². The van der Waals surface area contributed by atoms with Crippen LogP contribution in [0.4, 0.5) is 13.2 Å². The number of hydrogen-bond donors (Lipinski definition) is 1. The van der Waals surface area contributed by atoms with Gasteiger partial charge in [0.15, 0.2) is 0 Å². The van der Waals surface area contributed by atoms with E-state index in [-0.39, 0.29) is 11.6 Å². The third kappa shape index (κ3) is 3.44. The van der Waals surface area contributed by atoms with Gasteiger partial charge < -0.3 is 5.32 Å². The van der Waals surface area contributed by atoms with Crippen molar-refractivity contribution >= 4 is 17.2 Å². The highest BCUT2D eigenvalue weighted by molar-refractivity contribution is 7.17. The number of nitrogens with one attached hydrogen (secondary N) is 1. The Morgan fingerprint density at radius 1 is 1.43 bits per heavy atom. The van der Waals surface area contributed by atoms with Crippen molar-refractivity contribution in [2.45, 2.75) is 19.5 Å². The molecule has 0 unspecified atom stereocenters. The third-order valence-corrected chi connectivity index (χ3v) is 3.89. The Kier molecular flexibility index (Phi) is 4.36. The molecule has 4 nitrogen and oxygen atoms in total. The van der Waals surface area contributed by atoms with Crippen LogP contribution in [0.2, 0.25) is 0 Å². The molecule has 0 saturated carbocycles. The monoisotopic (exact) mass is 317 g/mol. The van der Waals surface area contributed by atoms with Crippen molar-refractivity contribution in [3.8, 4) is 10.6 Å². The van der Waals surface area contributed by atoms with Gasteiger partial charge in [-0.25, -0.2) is 0 Å². The Bertz CT molecular complexity index is 645. The molecule has 0 aliphatic carbocycles. The van der Waals surface area contributed by atoms with Gasteiger partial charge in [0.05, 0.1) is 9.75 Å². The maximum atomic E-state index is 12.7. The van der Waals surface area contributed by atoms with Crippen LogP contribution in [-0.4, -0.2) is 22.2 Å². The van der Waals surface area contributed by atoms with E-state index < -0.39 is 11.9 Å². The number of halogens is 3. The molecule has 0 aromatic carbocycles. The van der Waals surface area contributed by atoms with Crippen molar-refractivity contribution in [2.75, 3.05) is 6.54 Å². The molecule has 2 rings (SSSR count). The van der Waals surface area contributed by atoms with E-state index in [4.69, 9.17) is 0 Å². The predicted octanol–water partition coefficient (Wildman–Crippen LogP) is 3.31. The first kappa shape index (κ1) is 15.6. The summed E-state index contributed by atoms with van der Waals surface area (Å²) in [6, 6.07) is 4.18. The largest absolute Gasteiger partial charge is 0.433 e. The van der Waals surface area contributed by atoms with Gasteiger partial charge in [-0.3, -0.25) is 9.48 Å². The number of alkyl halides is 3. The molecule has 0 fully saturated rings. The van der Waals surface area contributed by atoms with Crippen LogP contribution in [0.3, 0.4) is 0 Å². The van der Waals surface area contributed by atoms with Crippen LogP contribution in [0, 0.1) is 0 Å². The van der Waals surface area contributed by atoms with Gasteiger partial charge in [0, 0.05) is 13.6 Å². The smallest absolute Gasteiger partial charge is 0.351 e. The second kappa shape index (κ2) is 5.88. The lowest BCUT2D eigenvalue weighted by Gasteiger charge is -2.04. The Morgan fingerprint density at radius 2 is 2.14 bits per heavy atom. The fraction of sp³-hybridized carbons (Fsp3) is 0.385. The van der Waals surface area contributed by atoms with Crippen molar-refractivity contribution in [1.29, 1.82) is 0 Å². The fourth-order valence-electron chi connectivity index (χ4n) is 1.78. The summed E-state index contributed by atoms with van der Waals surface area (Å²) in [6.07, 6.45) is -3.63. The minimum atomic E-state index is -4.45. The lowest BCUT2D eigenvalue weighted by molar-refractivity contribution is -0.143. The third-order valence-electron chi connectivity index (χ3n) is 2.79. The number of aryl methyl sites for hydroxylation is 1. The minimum Gasteiger partial charge on any atom is -0.351 e. The van der Waals surface area contributed by atoms with Gasteiger partial charge in [-0.2, -0.15) is 18.3 Å². The molecule has 8 heteroatoms. The second-order valence-electron chi connectivity index (χ2n) is 4.46. The van der Waals surface area contributed by atoms with Crippen LogP contribution in [0.15, 0.2) is 18.2 Å². The van der Waals surface area contributed by atoms with Gasteiger partial charge in [-0.15, -0.1) is 11.3 Å². The average Bonchev–Trinajstić information content (AvgIpc) is 3.01. The summed E-state index contributed by atoms with van der Waals surface area (Å²) in [5.41, 5.74) is -0.604. The summed E-state index contributed by atoms with van der Waals surface area (Å²) in [6.45, 7) is 2.50. The molecule has 0 aliphatic heterocycles. The Labute approximate surface area is 123 Å². The lowest BCUT2D eigenvalue weighted by atomic mass is 10.3. The zero-order valence-corrected chi connectivity index (χ0v) is 12.3. The number of nitrogens with zero attached hydrogens (tertiary/aromatic N) is 2. The maximum Gasteiger partial charge on any atom is 0.433 e. The van der Waals surface area contributed by atoms with Gasteiger partial charge in [0.2, 0.25) is 0 Å². The molecule has 1 amide bonds. The zero-order chi connectivity index (χ0) is 15.6. The zero-order valence-electron chi connectivity index (χ0n) is 11.5. The van der Waals surface area contributed by atoms with Gasteiger partial charge in [0.25, 0.3) is 5.91 Å². The van der Waals surface area contributed by atoms with Crippen LogP contribution in [0.1, 0.15) is 28.7 Å². The van der Waals surface area contributed by atoms with E-state index in [0.717, 1.165) is 28.5 Å². The molecular formula is C13H14F3N3OS. The number of carbonyl (C=O) groups excluding carboxylic acids is 1. The highest BCUT2D eigenvalue weighted by atomic mass is 32.1. The van der Waals surface area contributed by atoms with Crippen LogP contribution in [-0.2, 0) is 13.2 Å². The number of rotatable bonds is 4. The standard InChI is InChI=1S/C13H14F3N3OS/c1-3-6-17-12(20)10-5-4-9(21-10)8-7-11(13(14,15)16)19(2)18-8/h4-5,7H,3,6H2,1-2H3,(H,17,20). The molecule has 2 aromatic heterocycles. The number of amides is 1. The van der Waals surface area contributed by atoms with Crippen LogP contribution < -0.4 is 5.32 Å². The van der Waals surface area contributed by atoms with E-state index in [1.807, 2.05) is 6.92 Å². The van der Waals surface area contributed by atoms with Crippen molar-refractivity contribution < 1.29 is 18.0 Å². The van der Waals surface area contributed by atoms with Crippen molar-refractivity contribution in [3.63, 3.8) is 0 Å². The first-order valence-corrected chi connectivity index (χ1v) is 7.14. The SMILES string of the molecule is CCCNC(=O)c1ccc(-c2cc(C(F)(F)F)n(C)n2)s1. The molecule has 0 spiro atoms. The van der Waals surface area contributed by atoms with E-state index in [1.54, 1.807) is 12.1 Å². The number of hydrogen-bond acceptors (Lipinski definition) is 3. The first-order valence-electron chi connectivity index (χ1n) is 6.32. The Balaban J connectivity index is 2.24. The number of aromatic nitrogens is 2. The lowest BCUT2D eigenvalue weighted by Crippen LogP contribution is -2.22. The summed E-state index contributed by atoms with van der Waals surface area (Å²) in [4.78, 5) is 12.8. The molecule has 1 N–H and O–H groups in total. The summed E-state index contributed by atoms with van der Waals surface area (Å²) in [5.74, 6) is -0.222. The topological polar surface area (TPSA) is 46.9 Å². The van der Waals surface area contributed by atoms with Crippen LogP contribution >= 0.6 is 11.3 Å². The van der Waals surface area contributed by atoms with E-state index in [1.165, 1.54) is 7.05 Å². The van der Waals surface area contributed by atoms with Crippen LogP contribution in [0.5, 0.6) is 0 Å². The van der Waals surface area contributed by atoms with E-state index >= 15 is 0 Å². The Hall–Kier alpha value is -1.83. The minimum absolute atomic E-state index is 0.212. The molecule has 0 bridgehead atoms. The molecular weight excluding hydrogens is 303 g/mol. The number of carbonyl (C=O) groups is 1. The summed E-state index contributed by atoms with van der Waals surface area (Å²) < 4.78 is 39.0. The molecule has 0 aliphatic rings. The molecule has 21 heavy (non-hydrogen) atoms. The predicted molar refractivity (Wildman–Crippen MR) is 74.1 cm³/mol. The highest BCUT2D eigenvalue weighted by Gasteiger charge is 2.35. The van der Waals surface area contributed by atoms with Crippen molar-refractivity contribution in [2.24, 2.45) is 7.05 Å². The summed E-state index contributed by atoms with van der Waals surface area (Å²) in [7, 11) is 1.24. The van der Waals surface area contributed by atoms with Gasteiger partial charge >= 0.3 is 6.18 Å². The summed E-state index contributed by atoms with van der Waals surface area (Å²) >= 11 is 1.12. The first-order chi connectivity index (χ1) is 9.82. The molecule has 2 aromatic rings. The van der Waals surface area contributed by atoms with E-state index in [2.05, 4.69) is 10.4 Å². The van der Waals surface area contributed by atoms with Crippen molar-refractivity contribution in [3.05, 3.63) is 28.8 Å². The fourth-order valence-corrected chi connectivity index (χ4v) is 2.65. The molecule has 2 heterocycles. The normalized spacial score (nSPS) is 11.7. The maximum absolute atomic E-state index is 12.7. The van der Waals surface area contributed by atoms with Gasteiger partial charge in [-0.1, -0.05) is 6.92 Å². The number of thiophene rings is 1.